The predicted octanol–water partition coefficient (Wildman–Crippen LogP) is 4.79. The number of anilines is 1. The van der Waals surface area contributed by atoms with Crippen LogP contribution in [-0.4, -0.2) is 34.5 Å². The molecule has 3 rings (SSSR count). The Balaban J connectivity index is 1.64. The molecule has 7 heteroatoms. The molecule has 3 N–H and O–H groups in total. The molecule has 2 aromatic rings. The summed E-state index contributed by atoms with van der Waals surface area (Å²) >= 11 is 0. The topological polar surface area (TPSA) is 105 Å². The lowest BCUT2D eigenvalue weighted by Gasteiger charge is -2.30. The predicted molar refractivity (Wildman–Crippen MR) is 136 cm³/mol. The van der Waals surface area contributed by atoms with E-state index < -0.39 is 17.6 Å². The van der Waals surface area contributed by atoms with Crippen molar-refractivity contribution in [3.63, 3.8) is 0 Å². The van der Waals surface area contributed by atoms with Gasteiger partial charge in [0.2, 0.25) is 5.91 Å². The number of benzene rings is 2. The van der Waals surface area contributed by atoms with E-state index in [4.69, 9.17) is 4.74 Å². The Morgan fingerprint density at radius 2 is 1.60 bits per heavy atom. The average molecular weight is 481 g/mol. The highest BCUT2D eigenvalue weighted by atomic mass is 16.5. The van der Waals surface area contributed by atoms with Gasteiger partial charge in [-0.15, -0.1) is 0 Å². The largest absolute Gasteiger partial charge is 0.480 e. The Hall–Kier alpha value is -3.35. The fourth-order valence-corrected chi connectivity index (χ4v) is 4.64. The molecule has 0 bridgehead atoms. The first-order valence-electron chi connectivity index (χ1n) is 12.3. The van der Waals surface area contributed by atoms with Crippen molar-refractivity contribution in [2.24, 2.45) is 5.92 Å². The highest BCUT2D eigenvalue weighted by molar-refractivity contribution is 5.92. The zero-order valence-electron chi connectivity index (χ0n) is 21.0. The number of ether oxygens (including phenoxy) is 1. The minimum Gasteiger partial charge on any atom is -0.480 e. The van der Waals surface area contributed by atoms with E-state index in [1.165, 1.54) is 0 Å². The van der Waals surface area contributed by atoms with Crippen LogP contribution in [0.4, 0.5) is 5.69 Å². The number of hydrogen-bond acceptors (Lipinski definition) is 4. The molecule has 0 aromatic heterocycles. The summed E-state index contributed by atoms with van der Waals surface area (Å²) in [5.74, 6) is -0.864. The van der Waals surface area contributed by atoms with Crippen molar-refractivity contribution in [1.82, 2.24) is 5.32 Å². The average Bonchev–Trinajstić information content (AvgIpc) is 3.23. The summed E-state index contributed by atoms with van der Waals surface area (Å²) < 4.78 is 6.19. The van der Waals surface area contributed by atoms with Crippen molar-refractivity contribution in [3.8, 4) is 5.75 Å². The molecule has 188 valence electrons. The second-order valence-corrected chi connectivity index (χ2v) is 10.0. The molecule has 2 aromatic carbocycles. The molecule has 0 aliphatic heterocycles. The van der Waals surface area contributed by atoms with E-state index in [1.54, 1.807) is 12.1 Å². The second kappa shape index (κ2) is 11.4. The molecule has 0 saturated heterocycles. The van der Waals surface area contributed by atoms with E-state index in [9.17, 15) is 19.5 Å². The van der Waals surface area contributed by atoms with Gasteiger partial charge in [0.1, 0.15) is 11.8 Å². The number of aliphatic carboxylic acids is 1. The lowest BCUT2D eigenvalue weighted by atomic mass is 9.98. The Kier molecular flexibility index (Phi) is 8.54. The number of nitrogens with one attached hydrogen (secondary N) is 2. The molecular weight excluding hydrogens is 444 g/mol. The maximum Gasteiger partial charge on any atom is 0.326 e. The standard InChI is InChI=1S/C28H36N2O5/c1-18(2)13-24(26(32)33)30-27(34)28(11-5-6-12-28)35-23-9-7-21(8-10-23)17-25(31)29-22-15-19(3)14-20(4)16-22/h7-10,14-16,18,24H,5-6,11-13,17H2,1-4H3,(H,29,31)(H,30,34)(H,32,33)/t24-/m1/s1. The van der Waals surface area contributed by atoms with E-state index in [0.717, 1.165) is 35.2 Å². The van der Waals surface area contributed by atoms with Crippen LogP contribution in [0, 0.1) is 19.8 Å². The van der Waals surface area contributed by atoms with Crippen molar-refractivity contribution < 1.29 is 24.2 Å². The molecule has 0 radical (unpaired) electrons. The number of amides is 2. The Bertz CT molecular complexity index is 1040. The Labute approximate surface area is 207 Å². The van der Waals surface area contributed by atoms with Crippen LogP contribution in [0.15, 0.2) is 42.5 Å². The van der Waals surface area contributed by atoms with Crippen molar-refractivity contribution >= 4 is 23.5 Å². The number of carbonyl (C=O) groups excluding carboxylic acids is 2. The van der Waals surface area contributed by atoms with Gasteiger partial charge in [-0.3, -0.25) is 9.59 Å². The Morgan fingerprint density at radius 1 is 1.00 bits per heavy atom. The summed E-state index contributed by atoms with van der Waals surface area (Å²) in [7, 11) is 0. The third-order valence-corrected chi connectivity index (χ3v) is 6.24. The number of carboxylic acid groups (broad SMARTS) is 1. The van der Waals surface area contributed by atoms with Gasteiger partial charge < -0.3 is 20.5 Å². The van der Waals surface area contributed by atoms with Gasteiger partial charge in [0.25, 0.3) is 5.91 Å². The molecule has 0 unspecified atom stereocenters. The van der Waals surface area contributed by atoms with Gasteiger partial charge in [-0.1, -0.05) is 32.0 Å². The summed E-state index contributed by atoms with van der Waals surface area (Å²) in [6.45, 7) is 7.83. The molecule has 1 aliphatic carbocycles. The minimum atomic E-state index is -1.08. The molecule has 1 fully saturated rings. The maximum atomic E-state index is 13.1. The van der Waals surface area contributed by atoms with E-state index in [2.05, 4.69) is 16.7 Å². The smallest absolute Gasteiger partial charge is 0.326 e. The number of carboxylic acids is 1. The highest BCUT2D eigenvalue weighted by Gasteiger charge is 2.45. The number of aryl methyl sites for hydroxylation is 2. The molecular formula is C28H36N2O5. The molecule has 1 aliphatic rings. The first-order valence-corrected chi connectivity index (χ1v) is 12.3. The number of rotatable bonds is 10. The quantitative estimate of drug-likeness (QED) is 0.453. The maximum absolute atomic E-state index is 13.1. The lowest BCUT2D eigenvalue weighted by molar-refractivity contribution is -0.146. The number of carbonyl (C=O) groups is 3. The Morgan fingerprint density at radius 3 is 2.14 bits per heavy atom. The van der Waals surface area contributed by atoms with Crippen molar-refractivity contribution in [2.75, 3.05) is 5.32 Å². The van der Waals surface area contributed by atoms with E-state index >= 15 is 0 Å². The van der Waals surface area contributed by atoms with Gasteiger partial charge in [0.15, 0.2) is 5.60 Å². The molecule has 2 amide bonds. The molecule has 0 heterocycles. The van der Waals surface area contributed by atoms with Crippen LogP contribution in [-0.2, 0) is 20.8 Å². The van der Waals surface area contributed by atoms with Crippen LogP contribution >= 0.6 is 0 Å². The second-order valence-electron chi connectivity index (χ2n) is 10.0. The van der Waals surface area contributed by atoms with Crippen molar-refractivity contribution in [1.29, 1.82) is 0 Å². The van der Waals surface area contributed by atoms with Crippen LogP contribution < -0.4 is 15.4 Å². The first kappa shape index (κ1) is 26.3. The summed E-state index contributed by atoms with van der Waals surface area (Å²) in [4.78, 5) is 37.3. The van der Waals surface area contributed by atoms with E-state index in [-0.39, 0.29) is 24.2 Å². The molecule has 1 saturated carbocycles. The van der Waals surface area contributed by atoms with Crippen LogP contribution in [0.25, 0.3) is 0 Å². The van der Waals surface area contributed by atoms with E-state index in [0.29, 0.717) is 25.0 Å². The van der Waals surface area contributed by atoms with Crippen LogP contribution in [0.1, 0.15) is 62.6 Å². The summed E-state index contributed by atoms with van der Waals surface area (Å²) in [6.07, 6.45) is 3.32. The van der Waals surface area contributed by atoms with Crippen LogP contribution in [0.5, 0.6) is 5.75 Å². The fourth-order valence-electron chi connectivity index (χ4n) is 4.64. The summed E-state index contributed by atoms with van der Waals surface area (Å²) in [5, 5.41) is 15.2. The first-order chi connectivity index (χ1) is 16.6. The van der Waals surface area contributed by atoms with Crippen molar-refractivity contribution in [3.05, 3.63) is 59.2 Å². The fraction of sp³-hybridized carbons (Fsp3) is 0.464. The van der Waals surface area contributed by atoms with Crippen LogP contribution in [0.3, 0.4) is 0 Å². The highest BCUT2D eigenvalue weighted by Crippen LogP contribution is 2.35. The molecule has 1 atom stereocenters. The van der Waals surface area contributed by atoms with Gasteiger partial charge >= 0.3 is 5.97 Å². The third kappa shape index (κ3) is 7.31. The zero-order chi connectivity index (χ0) is 25.6. The normalized spacial score (nSPS) is 15.5. The van der Waals surface area contributed by atoms with Gasteiger partial charge in [0.05, 0.1) is 6.42 Å². The number of hydrogen-bond donors (Lipinski definition) is 3. The summed E-state index contributed by atoms with van der Waals surface area (Å²) in [5.41, 5.74) is 2.70. The molecule has 0 spiro atoms. The lowest BCUT2D eigenvalue weighted by Crippen LogP contribution is -2.54. The zero-order valence-corrected chi connectivity index (χ0v) is 21.0. The van der Waals surface area contributed by atoms with E-state index in [1.807, 2.05) is 52.0 Å². The minimum absolute atomic E-state index is 0.111. The van der Waals surface area contributed by atoms with Gasteiger partial charge in [-0.25, -0.2) is 4.79 Å². The summed E-state index contributed by atoms with van der Waals surface area (Å²) in [6, 6.07) is 12.1. The molecule has 7 nitrogen and oxygen atoms in total. The van der Waals surface area contributed by atoms with Crippen LogP contribution in [0.2, 0.25) is 0 Å². The SMILES string of the molecule is Cc1cc(C)cc(NC(=O)Cc2ccc(OC3(C(=O)N[C@H](CC(C)C)C(=O)O)CCCC3)cc2)c1. The van der Waals surface area contributed by atoms with Gasteiger partial charge in [-0.2, -0.15) is 0 Å². The monoisotopic (exact) mass is 480 g/mol. The van der Waals surface area contributed by atoms with Gasteiger partial charge in [-0.05, 0) is 92.8 Å². The van der Waals surface area contributed by atoms with Crippen molar-refractivity contribution in [2.45, 2.75) is 77.9 Å². The molecule has 35 heavy (non-hydrogen) atoms. The van der Waals surface area contributed by atoms with Gasteiger partial charge in [0, 0.05) is 5.69 Å². The third-order valence-electron chi connectivity index (χ3n) is 6.24.